The Balaban J connectivity index is 1.78. The molecule has 10 heteroatoms. The Morgan fingerprint density at radius 2 is 2.23 bits per heavy atom. The number of aliphatic hydroxyl groups excluding tert-OH is 1. The fraction of sp³-hybridized carbons (Fsp3) is 0.200. The summed E-state index contributed by atoms with van der Waals surface area (Å²) in [7, 11) is 1.54. The Kier molecular flexibility index (Phi) is 5.39. The topological polar surface area (TPSA) is 107 Å². The standard InChI is InChI=1S/C20H19ClN6O3/c1-12(11-28)27-10-16(18(25-27)14-8-13(21)4-5-17(14)30-2)24-20(29)15-9-23-26-7-3-6-22-19(15)26/h3-10,12,28H,11H2,1-2H3,(H,24,29). The zero-order valence-corrected chi connectivity index (χ0v) is 17.0. The van der Waals surface area contributed by atoms with E-state index in [4.69, 9.17) is 16.3 Å². The van der Waals surface area contributed by atoms with Crippen LogP contribution >= 0.6 is 11.6 Å². The van der Waals surface area contributed by atoms with Crippen molar-refractivity contribution in [3.05, 3.63) is 59.6 Å². The van der Waals surface area contributed by atoms with Crippen LogP contribution in [-0.2, 0) is 0 Å². The molecule has 0 saturated heterocycles. The number of halogens is 1. The van der Waals surface area contributed by atoms with Gasteiger partial charge in [-0.1, -0.05) is 11.6 Å². The zero-order valence-electron chi connectivity index (χ0n) is 16.3. The lowest BCUT2D eigenvalue weighted by atomic mass is 10.1. The Hall–Kier alpha value is -3.43. The molecular weight excluding hydrogens is 408 g/mol. The van der Waals surface area contributed by atoms with Gasteiger partial charge < -0.3 is 15.2 Å². The predicted molar refractivity (Wildman–Crippen MR) is 112 cm³/mol. The molecular formula is C20H19ClN6O3. The molecule has 2 N–H and O–H groups in total. The number of nitrogens with one attached hydrogen (secondary N) is 1. The molecule has 1 amide bonds. The van der Waals surface area contributed by atoms with Crippen LogP contribution in [0.5, 0.6) is 5.75 Å². The summed E-state index contributed by atoms with van der Waals surface area (Å²) in [5, 5.41) is 21.6. The second-order valence-corrected chi connectivity index (χ2v) is 7.08. The molecule has 9 nitrogen and oxygen atoms in total. The van der Waals surface area contributed by atoms with Gasteiger partial charge in [-0.05, 0) is 31.2 Å². The average Bonchev–Trinajstić information content (AvgIpc) is 3.37. The minimum atomic E-state index is -0.387. The van der Waals surface area contributed by atoms with Crippen LogP contribution in [-0.4, -0.2) is 49.1 Å². The van der Waals surface area contributed by atoms with Gasteiger partial charge >= 0.3 is 0 Å². The highest BCUT2D eigenvalue weighted by Gasteiger charge is 2.21. The molecule has 0 spiro atoms. The van der Waals surface area contributed by atoms with Crippen LogP contribution in [0.3, 0.4) is 0 Å². The number of aliphatic hydroxyl groups is 1. The van der Waals surface area contributed by atoms with Crippen molar-refractivity contribution < 1.29 is 14.6 Å². The smallest absolute Gasteiger partial charge is 0.261 e. The Bertz CT molecular complexity index is 1220. The van der Waals surface area contributed by atoms with Crippen molar-refractivity contribution in [1.82, 2.24) is 24.4 Å². The maximum atomic E-state index is 13.0. The van der Waals surface area contributed by atoms with Crippen molar-refractivity contribution in [1.29, 1.82) is 0 Å². The third kappa shape index (κ3) is 3.60. The number of aromatic nitrogens is 5. The van der Waals surface area contributed by atoms with Gasteiger partial charge in [-0.25, -0.2) is 9.50 Å². The number of anilines is 1. The van der Waals surface area contributed by atoms with Gasteiger partial charge in [-0.2, -0.15) is 10.2 Å². The largest absolute Gasteiger partial charge is 0.496 e. The SMILES string of the molecule is COc1ccc(Cl)cc1-c1nn(C(C)CO)cc1NC(=O)c1cnn2cccnc12. The molecule has 4 rings (SSSR count). The highest BCUT2D eigenvalue weighted by molar-refractivity contribution is 6.31. The molecule has 30 heavy (non-hydrogen) atoms. The maximum Gasteiger partial charge on any atom is 0.261 e. The lowest BCUT2D eigenvalue weighted by Crippen LogP contribution is -2.12. The van der Waals surface area contributed by atoms with E-state index < -0.39 is 0 Å². The number of carbonyl (C=O) groups is 1. The predicted octanol–water partition coefficient (Wildman–Crippen LogP) is 3.06. The average molecular weight is 427 g/mol. The van der Waals surface area contributed by atoms with E-state index in [2.05, 4.69) is 20.5 Å². The first-order valence-electron chi connectivity index (χ1n) is 9.15. The summed E-state index contributed by atoms with van der Waals surface area (Å²) in [6.07, 6.45) is 6.42. The summed E-state index contributed by atoms with van der Waals surface area (Å²) in [5.74, 6) is 0.164. The molecule has 1 atom stereocenters. The van der Waals surface area contributed by atoms with E-state index in [1.165, 1.54) is 10.7 Å². The van der Waals surface area contributed by atoms with E-state index in [9.17, 15) is 9.90 Å². The van der Waals surface area contributed by atoms with Crippen LogP contribution < -0.4 is 10.1 Å². The molecule has 0 fully saturated rings. The fourth-order valence-electron chi connectivity index (χ4n) is 3.03. The number of hydrogen-bond acceptors (Lipinski definition) is 6. The molecule has 3 aromatic heterocycles. The highest BCUT2D eigenvalue weighted by atomic mass is 35.5. The Morgan fingerprint density at radius 3 is 3.00 bits per heavy atom. The monoisotopic (exact) mass is 426 g/mol. The first-order chi connectivity index (χ1) is 14.5. The van der Waals surface area contributed by atoms with Gasteiger partial charge in [0.2, 0.25) is 0 Å². The summed E-state index contributed by atoms with van der Waals surface area (Å²) in [6, 6.07) is 6.58. The van der Waals surface area contributed by atoms with Gasteiger partial charge in [0.05, 0.1) is 31.6 Å². The molecule has 0 saturated carbocycles. The number of amides is 1. The fourth-order valence-corrected chi connectivity index (χ4v) is 3.21. The number of methoxy groups -OCH3 is 1. The number of ether oxygens (including phenoxy) is 1. The van der Waals surface area contributed by atoms with Crippen LogP contribution in [0.1, 0.15) is 23.3 Å². The van der Waals surface area contributed by atoms with Crippen LogP contribution in [0.4, 0.5) is 5.69 Å². The van der Waals surface area contributed by atoms with Crippen LogP contribution in [0.2, 0.25) is 5.02 Å². The van der Waals surface area contributed by atoms with E-state index in [-0.39, 0.29) is 18.6 Å². The van der Waals surface area contributed by atoms with Crippen molar-refractivity contribution in [2.24, 2.45) is 0 Å². The van der Waals surface area contributed by atoms with E-state index in [0.717, 1.165) is 0 Å². The number of benzene rings is 1. The van der Waals surface area contributed by atoms with Crippen LogP contribution in [0.15, 0.2) is 49.1 Å². The van der Waals surface area contributed by atoms with Gasteiger partial charge in [0.15, 0.2) is 5.65 Å². The summed E-state index contributed by atoms with van der Waals surface area (Å²) < 4.78 is 8.55. The zero-order chi connectivity index (χ0) is 21.3. The van der Waals surface area contributed by atoms with Crippen LogP contribution in [0.25, 0.3) is 16.9 Å². The van der Waals surface area contributed by atoms with Crippen molar-refractivity contribution in [2.45, 2.75) is 13.0 Å². The lowest BCUT2D eigenvalue weighted by molar-refractivity contribution is 0.102. The lowest BCUT2D eigenvalue weighted by Gasteiger charge is -2.09. The Morgan fingerprint density at radius 1 is 1.40 bits per heavy atom. The quantitative estimate of drug-likeness (QED) is 0.490. The molecule has 0 bridgehead atoms. The van der Waals surface area contributed by atoms with Crippen molar-refractivity contribution in [3.8, 4) is 17.0 Å². The minimum absolute atomic E-state index is 0.112. The third-order valence-corrected chi connectivity index (χ3v) is 4.87. The highest BCUT2D eigenvalue weighted by Crippen LogP contribution is 2.36. The summed E-state index contributed by atoms with van der Waals surface area (Å²) in [4.78, 5) is 17.2. The Labute approximate surface area is 176 Å². The van der Waals surface area contributed by atoms with Crippen LogP contribution in [0, 0.1) is 0 Å². The normalized spacial score (nSPS) is 12.1. The maximum absolute atomic E-state index is 13.0. The summed E-state index contributed by atoms with van der Waals surface area (Å²) >= 11 is 6.19. The second-order valence-electron chi connectivity index (χ2n) is 6.65. The third-order valence-electron chi connectivity index (χ3n) is 4.64. The number of nitrogens with zero attached hydrogens (tertiary/aromatic N) is 5. The van der Waals surface area contributed by atoms with Crippen molar-refractivity contribution in [3.63, 3.8) is 0 Å². The van der Waals surface area contributed by atoms with E-state index >= 15 is 0 Å². The van der Waals surface area contributed by atoms with E-state index in [1.807, 2.05) is 6.92 Å². The van der Waals surface area contributed by atoms with E-state index in [0.29, 0.717) is 38.9 Å². The summed E-state index contributed by atoms with van der Waals surface area (Å²) in [5.41, 5.74) is 2.28. The molecule has 0 aliphatic rings. The second kappa shape index (κ2) is 8.13. The van der Waals surface area contributed by atoms with Gasteiger partial charge in [-0.3, -0.25) is 9.48 Å². The number of rotatable bonds is 6. The molecule has 154 valence electrons. The summed E-state index contributed by atoms with van der Waals surface area (Å²) in [6.45, 7) is 1.70. The van der Waals surface area contributed by atoms with Gasteiger partial charge in [0.25, 0.3) is 5.91 Å². The molecule has 1 unspecified atom stereocenters. The molecule has 0 radical (unpaired) electrons. The van der Waals surface area contributed by atoms with Gasteiger partial charge in [-0.15, -0.1) is 0 Å². The number of fused-ring (bicyclic) bond motifs is 1. The number of carbonyl (C=O) groups excluding carboxylic acids is 1. The van der Waals surface area contributed by atoms with Gasteiger partial charge in [0.1, 0.15) is 17.0 Å². The molecule has 0 aliphatic heterocycles. The number of hydrogen-bond donors (Lipinski definition) is 2. The molecule has 1 aromatic carbocycles. The van der Waals surface area contributed by atoms with E-state index in [1.54, 1.807) is 54.6 Å². The molecule has 3 heterocycles. The first-order valence-corrected chi connectivity index (χ1v) is 9.53. The molecule has 4 aromatic rings. The van der Waals surface area contributed by atoms with Crippen molar-refractivity contribution >= 4 is 28.8 Å². The first kappa shape index (κ1) is 19.9. The van der Waals surface area contributed by atoms with Crippen molar-refractivity contribution in [2.75, 3.05) is 19.0 Å². The minimum Gasteiger partial charge on any atom is -0.496 e. The molecule has 0 aliphatic carbocycles. The van der Waals surface area contributed by atoms with Gasteiger partial charge in [0, 0.05) is 29.2 Å².